The van der Waals surface area contributed by atoms with Crippen LogP contribution in [0.25, 0.3) is 0 Å². The Morgan fingerprint density at radius 2 is 1.52 bits per heavy atom. The van der Waals surface area contributed by atoms with E-state index in [-0.39, 0.29) is 5.91 Å². The van der Waals surface area contributed by atoms with E-state index < -0.39 is 0 Å². The lowest BCUT2D eigenvalue weighted by molar-refractivity contribution is 0.102. The lowest BCUT2D eigenvalue weighted by Crippen LogP contribution is -2.36. The highest BCUT2D eigenvalue weighted by Crippen LogP contribution is 2.22. The predicted molar refractivity (Wildman–Crippen MR) is 108 cm³/mol. The van der Waals surface area contributed by atoms with E-state index in [0.717, 1.165) is 50.8 Å². The number of ether oxygens (including phenoxy) is 1. The van der Waals surface area contributed by atoms with Crippen molar-refractivity contribution in [1.82, 2.24) is 4.98 Å². The maximum absolute atomic E-state index is 12.5. The Balaban J connectivity index is 1.36. The second-order valence-electron chi connectivity index (χ2n) is 7.05. The molecule has 1 N–H and O–H groups in total. The van der Waals surface area contributed by atoms with Crippen molar-refractivity contribution in [3.63, 3.8) is 0 Å². The van der Waals surface area contributed by atoms with Gasteiger partial charge in [-0.15, -0.1) is 0 Å². The van der Waals surface area contributed by atoms with Crippen molar-refractivity contribution < 1.29 is 9.53 Å². The number of anilines is 3. The molecular formula is C21H26N4O2. The van der Waals surface area contributed by atoms with Gasteiger partial charge >= 0.3 is 0 Å². The molecule has 2 saturated heterocycles. The standard InChI is InChI=1S/C21H26N4O2/c26-21(20-9-8-19(16-22-20)25-12-14-27-15-13-25)23-17-4-6-18(7-5-17)24-10-2-1-3-11-24/h4-9,16H,1-3,10-15H2,(H,23,26). The minimum Gasteiger partial charge on any atom is -0.378 e. The lowest BCUT2D eigenvalue weighted by Gasteiger charge is -2.29. The first kappa shape index (κ1) is 17.8. The quantitative estimate of drug-likeness (QED) is 0.901. The van der Waals surface area contributed by atoms with Crippen LogP contribution in [0.1, 0.15) is 29.8 Å². The largest absolute Gasteiger partial charge is 0.378 e. The fourth-order valence-electron chi connectivity index (χ4n) is 3.63. The Hall–Kier alpha value is -2.60. The van der Waals surface area contributed by atoms with Gasteiger partial charge in [0.25, 0.3) is 5.91 Å². The summed E-state index contributed by atoms with van der Waals surface area (Å²) in [7, 11) is 0. The fraction of sp³-hybridized carbons (Fsp3) is 0.429. The molecule has 0 radical (unpaired) electrons. The van der Waals surface area contributed by atoms with Crippen LogP contribution >= 0.6 is 0 Å². The summed E-state index contributed by atoms with van der Waals surface area (Å²) in [5, 5.41) is 2.93. The van der Waals surface area contributed by atoms with Crippen molar-refractivity contribution in [3.05, 3.63) is 48.3 Å². The van der Waals surface area contributed by atoms with Crippen molar-refractivity contribution in [1.29, 1.82) is 0 Å². The van der Waals surface area contributed by atoms with Crippen LogP contribution in [-0.2, 0) is 4.74 Å². The second-order valence-corrected chi connectivity index (χ2v) is 7.05. The van der Waals surface area contributed by atoms with Crippen molar-refractivity contribution in [2.45, 2.75) is 19.3 Å². The van der Waals surface area contributed by atoms with E-state index in [1.165, 1.54) is 24.9 Å². The molecule has 1 aromatic carbocycles. The van der Waals surface area contributed by atoms with Crippen LogP contribution in [0.3, 0.4) is 0 Å². The molecule has 4 rings (SSSR count). The third-order valence-electron chi connectivity index (χ3n) is 5.20. The highest BCUT2D eigenvalue weighted by molar-refractivity contribution is 6.03. The van der Waals surface area contributed by atoms with Crippen molar-refractivity contribution in [2.24, 2.45) is 0 Å². The van der Waals surface area contributed by atoms with E-state index in [2.05, 4.69) is 32.2 Å². The minimum atomic E-state index is -0.186. The molecule has 2 aliphatic rings. The maximum atomic E-state index is 12.5. The molecule has 6 nitrogen and oxygen atoms in total. The van der Waals surface area contributed by atoms with Gasteiger partial charge < -0.3 is 19.9 Å². The summed E-state index contributed by atoms with van der Waals surface area (Å²) >= 11 is 0. The highest BCUT2D eigenvalue weighted by Gasteiger charge is 2.14. The number of hydrogen-bond acceptors (Lipinski definition) is 5. The van der Waals surface area contributed by atoms with E-state index in [9.17, 15) is 4.79 Å². The molecule has 0 spiro atoms. The smallest absolute Gasteiger partial charge is 0.274 e. The summed E-state index contributed by atoms with van der Waals surface area (Å²) in [6.07, 6.45) is 5.59. The average molecular weight is 366 g/mol. The number of nitrogens with one attached hydrogen (secondary N) is 1. The van der Waals surface area contributed by atoms with Crippen molar-refractivity contribution in [2.75, 3.05) is 54.5 Å². The molecular weight excluding hydrogens is 340 g/mol. The normalized spacial score (nSPS) is 17.6. The van der Waals surface area contributed by atoms with Gasteiger partial charge in [0.1, 0.15) is 5.69 Å². The van der Waals surface area contributed by atoms with Gasteiger partial charge in [0.05, 0.1) is 25.1 Å². The Morgan fingerprint density at radius 1 is 0.852 bits per heavy atom. The van der Waals surface area contributed by atoms with E-state index in [1.54, 1.807) is 12.3 Å². The number of aromatic nitrogens is 1. The van der Waals surface area contributed by atoms with Crippen LogP contribution < -0.4 is 15.1 Å². The minimum absolute atomic E-state index is 0.186. The number of nitrogens with zero attached hydrogens (tertiary/aromatic N) is 3. The first-order chi connectivity index (χ1) is 13.3. The summed E-state index contributed by atoms with van der Waals surface area (Å²) in [5.41, 5.74) is 3.47. The van der Waals surface area contributed by atoms with Gasteiger partial charge in [0.2, 0.25) is 0 Å². The zero-order chi connectivity index (χ0) is 18.5. The summed E-state index contributed by atoms with van der Waals surface area (Å²) < 4.78 is 5.37. The van der Waals surface area contributed by atoms with Crippen LogP contribution in [0, 0.1) is 0 Å². The fourth-order valence-corrected chi connectivity index (χ4v) is 3.63. The number of morpholine rings is 1. The monoisotopic (exact) mass is 366 g/mol. The van der Waals surface area contributed by atoms with Gasteiger partial charge in [-0.3, -0.25) is 4.79 Å². The second kappa shape index (κ2) is 8.39. The molecule has 2 aliphatic heterocycles. The van der Waals surface area contributed by atoms with E-state index in [4.69, 9.17) is 4.74 Å². The Morgan fingerprint density at radius 3 is 2.19 bits per heavy atom. The van der Waals surface area contributed by atoms with Crippen LogP contribution in [0.2, 0.25) is 0 Å². The maximum Gasteiger partial charge on any atom is 0.274 e. The molecule has 0 saturated carbocycles. The van der Waals surface area contributed by atoms with Gasteiger partial charge in [0.15, 0.2) is 0 Å². The van der Waals surface area contributed by atoms with Gasteiger partial charge in [-0.1, -0.05) is 0 Å². The molecule has 27 heavy (non-hydrogen) atoms. The molecule has 2 fully saturated rings. The summed E-state index contributed by atoms with van der Waals surface area (Å²) in [5.74, 6) is -0.186. The van der Waals surface area contributed by atoms with Crippen molar-refractivity contribution in [3.8, 4) is 0 Å². The van der Waals surface area contributed by atoms with Crippen LogP contribution in [-0.4, -0.2) is 50.3 Å². The topological polar surface area (TPSA) is 57.7 Å². The third kappa shape index (κ3) is 4.39. The SMILES string of the molecule is O=C(Nc1ccc(N2CCCCC2)cc1)c1ccc(N2CCOCC2)cn1. The van der Waals surface area contributed by atoms with Gasteiger partial charge in [-0.2, -0.15) is 0 Å². The first-order valence-electron chi connectivity index (χ1n) is 9.75. The molecule has 0 unspecified atom stereocenters. The van der Waals surface area contributed by atoms with Crippen LogP contribution in [0.5, 0.6) is 0 Å². The number of pyridine rings is 1. The van der Waals surface area contributed by atoms with Gasteiger partial charge in [-0.25, -0.2) is 4.98 Å². The number of piperidine rings is 1. The number of benzene rings is 1. The van der Waals surface area contributed by atoms with Gasteiger partial charge in [-0.05, 0) is 55.7 Å². The number of carbonyl (C=O) groups is 1. The van der Waals surface area contributed by atoms with E-state index in [0.29, 0.717) is 5.69 Å². The lowest BCUT2D eigenvalue weighted by atomic mass is 10.1. The Labute approximate surface area is 160 Å². The van der Waals surface area contributed by atoms with E-state index >= 15 is 0 Å². The average Bonchev–Trinajstić information content (AvgIpc) is 2.76. The Bertz CT molecular complexity index is 749. The molecule has 3 heterocycles. The summed E-state index contributed by atoms with van der Waals surface area (Å²) in [6, 6.07) is 11.8. The molecule has 1 aromatic heterocycles. The Kier molecular flexibility index (Phi) is 5.53. The molecule has 0 atom stereocenters. The van der Waals surface area contributed by atoms with Crippen LogP contribution in [0.15, 0.2) is 42.6 Å². The molecule has 0 aliphatic carbocycles. The summed E-state index contributed by atoms with van der Waals surface area (Å²) in [4.78, 5) is 21.4. The number of hydrogen-bond donors (Lipinski definition) is 1. The molecule has 1 amide bonds. The highest BCUT2D eigenvalue weighted by atomic mass is 16.5. The summed E-state index contributed by atoms with van der Waals surface area (Å²) in [6.45, 7) is 5.41. The molecule has 2 aromatic rings. The zero-order valence-electron chi connectivity index (χ0n) is 15.6. The van der Waals surface area contributed by atoms with Crippen molar-refractivity contribution >= 4 is 23.0 Å². The van der Waals surface area contributed by atoms with E-state index in [1.807, 2.05) is 18.2 Å². The number of carbonyl (C=O) groups excluding carboxylic acids is 1. The third-order valence-corrected chi connectivity index (χ3v) is 5.20. The number of rotatable bonds is 4. The van der Waals surface area contributed by atoms with Crippen LogP contribution in [0.4, 0.5) is 17.1 Å². The first-order valence-corrected chi connectivity index (χ1v) is 9.75. The van der Waals surface area contributed by atoms with Gasteiger partial charge in [0, 0.05) is 37.6 Å². The molecule has 0 bridgehead atoms. The predicted octanol–water partition coefficient (Wildman–Crippen LogP) is 3.16. The molecule has 142 valence electrons. The number of amides is 1. The zero-order valence-corrected chi connectivity index (χ0v) is 15.6. The molecule has 6 heteroatoms.